The van der Waals surface area contributed by atoms with E-state index in [9.17, 15) is 13.2 Å². The molecule has 0 fully saturated rings. The molecule has 0 aromatic carbocycles. The van der Waals surface area contributed by atoms with Gasteiger partial charge in [-0.1, -0.05) is 27.7 Å². The van der Waals surface area contributed by atoms with Crippen LogP contribution in [-0.4, -0.2) is 9.97 Å². The van der Waals surface area contributed by atoms with E-state index in [2.05, 4.69) is 9.97 Å². The monoisotopic (exact) mass is 232 g/mol. The van der Waals surface area contributed by atoms with Gasteiger partial charge in [0.2, 0.25) is 5.82 Å². The third-order valence-corrected chi connectivity index (χ3v) is 2.67. The summed E-state index contributed by atoms with van der Waals surface area (Å²) < 4.78 is 37.2. The summed E-state index contributed by atoms with van der Waals surface area (Å²) in [6.07, 6.45) is -3.32. The molecule has 1 rings (SSSR count). The summed E-state index contributed by atoms with van der Waals surface area (Å²) in [5.41, 5.74) is 0.298. The van der Waals surface area contributed by atoms with Crippen LogP contribution in [0.5, 0.6) is 0 Å². The molecular weight excluding hydrogens is 217 g/mol. The van der Waals surface area contributed by atoms with Gasteiger partial charge in [0.15, 0.2) is 0 Å². The standard InChI is InChI=1S/C11H15F3N2/c1-7(10(2,3)4)8-5-6-15-9(16-8)11(12,13)14/h5-7H,1-4H3. The minimum absolute atomic E-state index is 0.0587. The Kier molecular flexibility index (Phi) is 3.26. The Bertz CT molecular complexity index is 366. The van der Waals surface area contributed by atoms with E-state index >= 15 is 0 Å². The summed E-state index contributed by atoms with van der Waals surface area (Å²) in [5, 5.41) is 0. The van der Waals surface area contributed by atoms with Gasteiger partial charge in [-0.25, -0.2) is 9.97 Å². The van der Waals surface area contributed by atoms with Crippen LogP contribution in [0.1, 0.15) is 45.1 Å². The molecule has 0 spiro atoms. The molecule has 0 N–H and O–H groups in total. The first-order valence-corrected chi connectivity index (χ1v) is 5.02. The summed E-state index contributed by atoms with van der Waals surface area (Å²) in [6.45, 7) is 7.76. The third kappa shape index (κ3) is 2.93. The lowest BCUT2D eigenvalue weighted by Gasteiger charge is -2.26. The highest BCUT2D eigenvalue weighted by Crippen LogP contribution is 2.34. The van der Waals surface area contributed by atoms with E-state index in [0.717, 1.165) is 6.20 Å². The van der Waals surface area contributed by atoms with Crippen LogP contribution in [0.3, 0.4) is 0 Å². The Balaban J connectivity index is 3.09. The van der Waals surface area contributed by atoms with Gasteiger partial charge in [-0.3, -0.25) is 0 Å². The first-order valence-electron chi connectivity index (χ1n) is 5.02. The first kappa shape index (κ1) is 12.9. The molecule has 0 aliphatic rings. The summed E-state index contributed by atoms with van der Waals surface area (Å²) in [5.74, 6) is -1.13. The van der Waals surface area contributed by atoms with Gasteiger partial charge in [0.25, 0.3) is 0 Å². The van der Waals surface area contributed by atoms with Crippen LogP contribution >= 0.6 is 0 Å². The van der Waals surface area contributed by atoms with Gasteiger partial charge >= 0.3 is 6.18 Å². The summed E-state index contributed by atoms with van der Waals surface area (Å²) in [7, 11) is 0. The predicted molar refractivity (Wildman–Crippen MR) is 54.9 cm³/mol. The zero-order valence-electron chi connectivity index (χ0n) is 9.76. The second-order valence-corrected chi connectivity index (χ2v) is 4.89. The molecule has 0 aliphatic carbocycles. The predicted octanol–water partition coefficient (Wildman–Crippen LogP) is 3.65. The Morgan fingerprint density at radius 3 is 2.19 bits per heavy atom. The van der Waals surface area contributed by atoms with Crippen LogP contribution in [0, 0.1) is 5.41 Å². The second kappa shape index (κ2) is 4.03. The molecule has 2 nitrogen and oxygen atoms in total. The highest BCUT2D eigenvalue weighted by atomic mass is 19.4. The molecule has 0 aliphatic heterocycles. The van der Waals surface area contributed by atoms with Crippen molar-refractivity contribution in [3.05, 3.63) is 23.8 Å². The quantitative estimate of drug-likeness (QED) is 0.738. The number of nitrogens with zero attached hydrogens (tertiary/aromatic N) is 2. The lowest BCUT2D eigenvalue weighted by molar-refractivity contribution is -0.145. The molecule has 0 saturated carbocycles. The number of hydrogen-bond donors (Lipinski definition) is 0. The van der Waals surface area contributed by atoms with Crippen molar-refractivity contribution in [2.45, 2.75) is 39.8 Å². The Labute approximate surface area is 92.9 Å². The number of alkyl halides is 3. The summed E-state index contributed by atoms with van der Waals surface area (Å²) in [4.78, 5) is 6.81. The van der Waals surface area contributed by atoms with Crippen LogP contribution < -0.4 is 0 Å². The average Bonchev–Trinajstić information content (AvgIpc) is 2.14. The molecule has 0 bridgehead atoms. The van der Waals surface area contributed by atoms with Gasteiger partial charge in [-0.15, -0.1) is 0 Å². The summed E-state index contributed by atoms with van der Waals surface area (Å²) in [6, 6.07) is 1.53. The van der Waals surface area contributed by atoms with Crippen LogP contribution in [0.2, 0.25) is 0 Å². The Morgan fingerprint density at radius 1 is 1.19 bits per heavy atom. The SMILES string of the molecule is CC(c1ccnc(C(F)(F)F)n1)C(C)(C)C. The smallest absolute Gasteiger partial charge is 0.233 e. The van der Waals surface area contributed by atoms with E-state index in [4.69, 9.17) is 0 Å². The molecule has 1 atom stereocenters. The molecule has 0 saturated heterocycles. The molecule has 1 unspecified atom stereocenters. The molecule has 90 valence electrons. The Morgan fingerprint density at radius 2 is 1.75 bits per heavy atom. The van der Waals surface area contributed by atoms with Crippen LogP contribution in [0.4, 0.5) is 13.2 Å². The van der Waals surface area contributed by atoms with E-state index in [1.54, 1.807) is 0 Å². The fourth-order valence-corrected chi connectivity index (χ4v) is 1.19. The van der Waals surface area contributed by atoms with E-state index < -0.39 is 12.0 Å². The number of rotatable bonds is 1. The van der Waals surface area contributed by atoms with Crippen molar-refractivity contribution in [2.75, 3.05) is 0 Å². The molecule has 0 amide bonds. The van der Waals surface area contributed by atoms with Gasteiger partial charge in [0.1, 0.15) is 0 Å². The molecule has 1 aromatic heterocycles. The van der Waals surface area contributed by atoms with Crippen molar-refractivity contribution in [3.63, 3.8) is 0 Å². The normalized spacial score (nSPS) is 14.9. The van der Waals surface area contributed by atoms with Gasteiger partial charge in [-0.05, 0) is 11.5 Å². The maximum atomic E-state index is 12.4. The molecule has 1 aromatic rings. The van der Waals surface area contributed by atoms with E-state index in [1.165, 1.54) is 6.07 Å². The van der Waals surface area contributed by atoms with Gasteiger partial charge in [0.05, 0.1) is 0 Å². The lowest BCUT2D eigenvalue weighted by atomic mass is 9.80. The lowest BCUT2D eigenvalue weighted by Crippen LogP contribution is -2.19. The van der Waals surface area contributed by atoms with Crippen LogP contribution in [0.15, 0.2) is 12.3 Å². The number of hydrogen-bond acceptors (Lipinski definition) is 2. The molecule has 0 radical (unpaired) electrons. The fourth-order valence-electron chi connectivity index (χ4n) is 1.19. The van der Waals surface area contributed by atoms with E-state index in [0.29, 0.717) is 5.69 Å². The molecule has 16 heavy (non-hydrogen) atoms. The van der Waals surface area contributed by atoms with Crippen molar-refractivity contribution >= 4 is 0 Å². The van der Waals surface area contributed by atoms with Gasteiger partial charge in [0, 0.05) is 17.8 Å². The zero-order chi connectivity index (χ0) is 12.6. The van der Waals surface area contributed by atoms with Gasteiger partial charge in [-0.2, -0.15) is 13.2 Å². The number of halogens is 3. The van der Waals surface area contributed by atoms with Crippen molar-refractivity contribution in [1.29, 1.82) is 0 Å². The third-order valence-electron chi connectivity index (χ3n) is 2.67. The molecule has 1 heterocycles. The largest absolute Gasteiger partial charge is 0.451 e. The van der Waals surface area contributed by atoms with Crippen molar-refractivity contribution in [1.82, 2.24) is 9.97 Å². The molecule has 5 heteroatoms. The second-order valence-electron chi connectivity index (χ2n) is 4.89. The highest BCUT2D eigenvalue weighted by molar-refractivity contribution is 5.11. The molecular formula is C11H15F3N2. The maximum Gasteiger partial charge on any atom is 0.451 e. The van der Waals surface area contributed by atoms with Crippen molar-refractivity contribution in [2.24, 2.45) is 5.41 Å². The first-order chi connectivity index (χ1) is 7.12. The fraction of sp³-hybridized carbons (Fsp3) is 0.636. The maximum absolute atomic E-state index is 12.4. The highest BCUT2D eigenvalue weighted by Gasteiger charge is 2.35. The van der Waals surface area contributed by atoms with Gasteiger partial charge < -0.3 is 0 Å². The zero-order valence-corrected chi connectivity index (χ0v) is 9.76. The average molecular weight is 232 g/mol. The minimum atomic E-state index is -4.48. The minimum Gasteiger partial charge on any atom is -0.233 e. The van der Waals surface area contributed by atoms with Crippen LogP contribution in [-0.2, 0) is 6.18 Å². The summed E-state index contributed by atoms with van der Waals surface area (Å²) >= 11 is 0. The van der Waals surface area contributed by atoms with E-state index in [1.807, 2.05) is 27.7 Å². The topological polar surface area (TPSA) is 25.8 Å². The van der Waals surface area contributed by atoms with Crippen molar-refractivity contribution in [3.8, 4) is 0 Å². The number of aromatic nitrogens is 2. The van der Waals surface area contributed by atoms with Crippen LogP contribution in [0.25, 0.3) is 0 Å². The van der Waals surface area contributed by atoms with E-state index in [-0.39, 0.29) is 11.3 Å². The van der Waals surface area contributed by atoms with Crippen molar-refractivity contribution < 1.29 is 13.2 Å². The Hall–Kier alpha value is -1.13.